The maximum atomic E-state index is 11.9. The van der Waals surface area contributed by atoms with Crippen molar-refractivity contribution in [2.45, 2.75) is 45.1 Å². The molecule has 0 aliphatic heterocycles. The fourth-order valence-corrected chi connectivity index (χ4v) is 2.02. The molecule has 0 radical (unpaired) electrons. The Balaban J connectivity index is 2.53. The molecular weight excluding hydrogens is 266 g/mol. The van der Waals surface area contributed by atoms with Crippen molar-refractivity contribution in [2.75, 3.05) is 0 Å². The monoisotopic (exact) mass is 289 g/mol. The second-order valence-corrected chi connectivity index (χ2v) is 5.08. The molecule has 0 saturated heterocycles. The van der Waals surface area contributed by atoms with Crippen LogP contribution in [0.4, 0.5) is 0 Å². The number of carbonyl (C=O) groups excluding carboxylic acids is 1. The summed E-state index contributed by atoms with van der Waals surface area (Å²) >= 11 is 0. The van der Waals surface area contributed by atoms with Crippen molar-refractivity contribution in [3.63, 3.8) is 0 Å². The second kappa shape index (κ2) is 8.95. The van der Waals surface area contributed by atoms with E-state index in [2.05, 4.69) is 18.8 Å². The number of hydrogen-bond acceptors (Lipinski definition) is 2. The third-order valence-electron chi connectivity index (χ3n) is 3.24. The molecule has 0 aliphatic rings. The molecule has 1 rings (SSSR count). The summed E-state index contributed by atoms with van der Waals surface area (Å²) in [6.07, 6.45) is 5.25. The van der Waals surface area contributed by atoms with E-state index in [1.165, 1.54) is 11.6 Å². The van der Waals surface area contributed by atoms with E-state index in [9.17, 15) is 9.59 Å². The average Bonchev–Trinajstić information content (AvgIpc) is 2.46. The molecular formula is C17H23NO3. The number of hydrogen-bond donors (Lipinski definition) is 2. The van der Waals surface area contributed by atoms with E-state index in [0.29, 0.717) is 0 Å². The Morgan fingerprint density at radius 2 is 1.90 bits per heavy atom. The third-order valence-corrected chi connectivity index (χ3v) is 3.24. The maximum Gasteiger partial charge on any atom is 0.326 e. The number of carboxylic acid groups (broad SMARTS) is 1. The number of aryl methyl sites for hydroxylation is 1. The van der Waals surface area contributed by atoms with E-state index in [1.807, 2.05) is 24.3 Å². The minimum atomic E-state index is -1.04. The highest BCUT2D eigenvalue weighted by molar-refractivity contribution is 5.84. The molecule has 4 nitrogen and oxygen atoms in total. The molecule has 2 N–H and O–H groups in total. The van der Waals surface area contributed by atoms with Gasteiger partial charge in [0.1, 0.15) is 6.04 Å². The van der Waals surface area contributed by atoms with Gasteiger partial charge in [-0.15, -0.1) is 6.58 Å². The summed E-state index contributed by atoms with van der Waals surface area (Å²) in [5, 5.41) is 11.5. The summed E-state index contributed by atoms with van der Waals surface area (Å²) in [6, 6.07) is 6.99. The van der Waals surface area contributed by atoms with Crippen molar-refractivity contribution in [2.24, 2.45) is 0 Å². The number of aliphatic carboxylic acids is 1. The van der Waals surface area contributed by atoms with Crippen LogP contribution in [0, 0.1) is 0 Å². The first-order valence-electron chi connectivity index (χ1n) is 7.27. The molecule has 4 heteroatoms. The van der Waals surface area contributed by atoms with Crippen molar-refractivity contribution in [1.82, 2.24) is 5.32 Å². The molecule has 1 unspecified atom stereocenters. The van der Waals surface area contributed by atoms with E-state index in [4.69, 9.17) is 5.11 Å². The summed E-state index contributed by atoms with van der Waals surface area (Å²) in [4.78, 5) is 22.8. The van der Waals surface area contributed by atoms with Crippen LogP contribution in [0.15, 0.2) is 36.9 Å². The van der Waals surface area contributed by atoms with E-state index < -0.39 is 12.0 Å². The molecule has 0 heterocycles. The summed E-state index contributed by atoms with van der Waals surface area (Å²) < 4.78 is 0. The Bertz CT molecular complexity index is 479. The van der Waals surface area contributed by atoms with Crippen molar-refractivity contribution in [1.29, 1.82) is 0 Å². The molecule has 1 aromatic rings. The molecule has 1 atom stereocenters. The molecule has 114 valence electrons. The molecule has 1 amide bonds. The summed E-state index contributed by atoms with van der Waals surface area (Å²) in [6.45, 7) is 5.65. The van der Waals surface area contributed by atoms with Gasteiger partial charge in [0.05, 0.1) is 6.42 Å². The van der Waals surface area contributed by atoms with Crippen LogP contribution in [0.2, 0.25) is 0 Å². The molecule has 0 fully saturated rings. The molecule has 0 spiro atoms. The molecule has 0 bridgehead atoms. The quantitative estimate of drug-likeness (QED) is 0.687. The lowest BCUT2D eigenvalue weighted by Crippen LogP contribution is -2.41. The number of carboxylic acids is 1. The number of benzene rings is 1. The van der Waals surface area contributed by atoms with Crippen LogP contribution in [0.1, 0.15) is 37.3 Å². The van der Waals surface area contributed by atoms with Crippen molar-refractivity contribution >= 4 is 11.9 Å². The minimum absolute atomic E-state index is 0.189. The van der Waals surface area contributed by atoms with Crippen LogP contribution in [0.3, 0.4) is 0 Å². The van der Waals surface area contributed by atoms with Gasteiger partial charge in [0.15, 0.2) is 0 Å². The van der Waals surface area contributed by atoms with E-state index in [-0.39, 0.29) is 18.7 Å². The topological polar surface area (TPSA) is 66.4 Å². The van der Waals surface area contributed by atoms with Gasteiger partial charge in [0.2, 0.25) is 5.91 Å². The molecule has 21 heavy (non-hydrogen) atoms. The number of unbranched alkanes of at least 4 members (excludes halogenated alkanes) is 1. The van der Waals surface area contributed by atoms with E-state index in [0.717, 1.165) is 24.8 Å². The highest BCUT2D eigenvalue weighted by Crippen LogP contribution is 2.08. The Morgan fingerprint density at radius 3 is 2.43 bits per heavy atom. The highest BCUT2D eigenvalue weighted by Gasteiger charge is 2.18. The summed E-state index contributed by atoms with van der Waals surface area (Å²) in [5.74, 6) is -1.33. The normalized spacial score (nSPS) is 11.7. The summed E-state index contributed by atoms with van der Waals surface area (Å²) in [7, 11) is 0. The number of rotatable bonds is 9. The van der Waals surface area contributed by atoms with Crippen LogP contribution in [0.25, 0.3) is 0 Å². The Hall–Kier alpha value is -2.10. The minimum Gasteiger partial charge on any atom is -0.480 e. The van der Waals surface area contributed by atoms with Crippen molar-refractivity contribution < 1.29 is 14.7 Å². The zero-order valence-electron chi connectivity index (χ0n) is 12.5. The largest absolute Gasteiger partial charge is 0.480 e. The van der Waals surface area contributed by atoms with Gasteiger partial charge < -0.3 is 10.4 Å². The Kier molecular flexibility index (Phi) is 7.23. The zero-order valence-corrected chi connectivity index (χ0v) is 12.5. The highest BCUT2D eigenvalue weighted by atomic mass is 16.4. The first-order valence-corrected chi connectivity index (χ1v) is 7.27. The molecule has 0 aromatic heterocycles. The van der Waals surface area contributed by atoms with Gasteiger partial charge in [-0.2, -0.15) is 0 Å². The maximum absolute atomic E-state index is 11.9. The zero-order chi connectivity index (χ0) is 15.7. The standard InChI is InChI=1S/C17H23NO3/c1-3-5-7-13-8-10-14(11-9-13)12-16(19)18-15(6-4-2)17(20)21/h4,8-11,15H,2-3,5-7,12H2,1H3,(H,18,19)(H,20,21). The first-order chi connectivity index (χ1) is 10.1. The predicted octanol–water partition coefficient (Wildman–Crippen LogP) is 2.72. The van der Waals surface area contributed by atoms with Gasteiger partial charge in [-0.05, 0) is 30.4 Å². The van der Waals surface area contributed by atoms with Gasteiger partial charge in [-0.25, -0.2) is 4.79 Å². The lowest BCUT2D eigenvalue weighted by Gasteiger charge is -2.12. The third kappa shape index (κ3) is 6.25. The number of carbonyl (C=O) groups is 2. The average molecular weight is 289 g/mol. The second-order valence-electron chi connectivity index (χ2n) is 5.08. The molecule has 1 aromatic carbocycles. The molecule has 0 saturated carbocycles. The van der Waals surface area contributed by atoms with Crippen LogP contribution < -0.4 is 5.32 Å². The van der Waals surface area contributed by atoms with Gasteiger partial charge in [0, 0.05) is 0 Å². The SMILES string of the molecule is C=CCC(NC(=O)Cc1ccc(CCCC)cc1)C(=O)O. The predicted molar refractivity (Wildman–Crippen MR) is 83.1 cm³/mol. The van der Waals surface area contributed by atoms with Crippen LogP contribution >= 0.6 is 0 Å². The fourth-order valence-electron chi connectivity index (χ4n) is 2.02. The lowest BCUT2D eigenvalue weighted by molar-refractivity contribution is -0.141. The van der Waals surface area contributed by atoms with Gasteiger partial charge in [-0.3, -0.25) is 4.79 Å². The van der Waals surface area contributed by atoms with Gasteiger partial charge >= 0.3 is 5.97 Å². The lowest BCUT2D eigenvalue weighted by atomic mass is 10.0. The number of amides is 1. The van der Waals surface area contributed by atoms with Crippen molar-refractivity contribution in [3.05, 3.63) is 48.0 Å². The van der Waals surface area contributed by atoms with Crippen molar-refractivity contribution in [3.8, 4) is 0 Å². The molecule has 0 aliphatic carbocycles. The van der Waals surface area contributed by atoms with Gasteiger partial charge in [-0.1, -0.05) is 43.7 Å². The van der Waals surface area contributed by atoms with E-state index in [1.54, 1.807) is 0 Å². The van der Waals surface area contributed by atoms with Crippen LogP contribution in [0.5, 0.6) is 0 Å². The number of nitrogens with one attached hydrogen (secondary N) is 1. The fraction of sp³-hybridized carbons (Fsp3) is 0.412. The van der Waals surface area contributed by atoms with E-state index >= 15 is 0 Å². The Labute approximate surface area is 125 Å². The van der Waals surface area contributed by atoms with Crippen LogP contribution in [-0.4, -0.2) is 23.0 Å². The van der Waals surface area contributed by atoms with Gasteiger partial charge in [0.25, 0.3) is 0 Å². The Morgan fingerprint density at radius 1 is 1.29 bits per heavy atom. The van der Waals surface area contributed by atoms with Crippen LogP contribution in [-0.2, 0) is 22.4 Å². The smallest absolute Gasteiger partial charge is 0.326 e. The summed E-state index contributed by atoms with van der Waals surface area (Å²) in [5.41, 5.74) is 2.14. The first kappa shape index (κ1) is 17.0.